The molecule has 1 aliphatic heterocycles. The van der Waals surface area contributed by atoms with Crippen LogP contribution in [0.3, 0.4) is 0 Å². The van der Waals surface area contributed by atoms with Crippen LogP contribution in [0.1, 0.15) is 0 Å². The Hall–Kier alpha value is -0.770. The Bertz CT molecular complexity index is 551. The zero-order valence-electron chi connectivity index (χ0n) is 10.4. The minimum absolute atomic E-state index is 0.277. The molecule has 9 heteroatoms. The van der Waals surface area contributed by atoms with E-state index in [2.05, 4.69) is 3.77 Å². The summed E-state index contributed by atoms with van der Waals surface area (Å²) in [5, 5.41) is 0. The lowest BCUT2D eigenvalue weighted by molar-refractivity contribution is -0.0327. The third kappa shape index (κ3) is 3.87. The Kier molecular flexibility index (Phi) is 4.95. The van der Waals surface area contributed by atoms with Crippen LogP contribution >= 0.6 is 11.9 Å². The van der Waals surface area contributed by atoms with Gasteiger partial charge in [-0.3, -0.25) is 0 Å². The fourth-order valence-corrected chi connectivity index (χ4v) is 4.64. The molecule has 20 heavy (non-hydrogen) atoms. The fourth-order valence-electron chi connectivity index (χ4n) is 1.72. The van der Waals surface area contributed by atoms with E-state index in [1.165, 1.54) is 16.4 Å². The number of morpholine rings is 1. The van der Waals surface area contributed by atoms with Gasteiger partial charge in [-0.15, -0.1) is 3.77 Å². The summed E-state index contributed by atoms with van der Waals surface area (Å²) in [6, 6.07) is 8.02. The van der Waals surface area contributed by atoms with Gasteiger partial charge < -0.3 is 4.74 Å². The molecule has 0 amide bonds. The normalized spacial score (nSPS) is 20.4. The first-order valence-corrected chi connectivity index (χ1v) is 8.06. The second kappa shape index (κ2) is 6.33. The first-order valence-electron chi connectivity index (χ1n) is 5.81. The average Bonchev–Trinajstić information content (AvgIpc) is 2.46. The van der Waals surface area contributed by atoms with E-state index in [1.807, 2.05) is 0 Å². The molecule has 0 aliphatic carbocycles. The fraction of sp³-hybridized carbons (Fsp3) is 0.455. The maximum absolute atomic E-state index is 13.0. The van der Waals surface area contributed by atoms with Crippen molar-refractivity contribution in [3.8, 4) is 0 Å². The molecule has 112 valence electrons. The Balaban J connectivity index is 2.40. The number of nitrogens with zero attached hydrogens (tertiary/aromatic N) is 2. The van der Waals surface area contributed by atoms with E-state index in [1.54, 1.807) is 18.2 Å². The smallest absolute Gasteiger partial charge is 0.379 e. The largest absolute Gasteiger partial charge is 0.464 e. The average molecular weight is 326 g/mol. The summed E-state index contributed by atoms with van der Waals surface area (Å²) in [5.74, 6) is 0. The first kappa shape index (κ1) is 15.6. The second-order valence-electron chi connectivity index (χ2n) is 3.96. The van der Waals surface area contributed by atoms with Gasteiger partial charge in [0.05, 0.1) is 30.1 Å². The van der Waals surface area contributed by atoms with Gasteiger partial charge in [-0.05, 0) is 12.1 Å². The molecular formula is C11H13F3N2O2S2. The van der Waals surface area contributed by atoms with Gasteiger partial charge in [0, 0.05) is 13.1 Å². The molecule has 2 rings (SSSR count). The monoisotopic (exact) mass is 326 g/mol. The van der Waals surface area contributed by atoms with Crippen molar-refractivity contribution in [3.63, 3.8) is 0 Å². The molecule has 0 spiro atoms. The molecule has 1 aliphatic rings. The Morgan fingerprint density at radius 2 is 1.80 bits per heavy atom. The summed E-state index contributed by atoms with van der Waals surface area (Å²) in [5.41, 5.74) is -4.55. The summed E-state index contributed by atoms with van der Waals surface area (Å²) in [7, 11) is -3.28. The number of halogens is 3. The number of ether oxygens (including phenoxy) is 1. The van der Waals surface area contributed by atoms with Crippen molar-refractivity contribution in [2.75, 3.05) is 26.3 Å². The van der Waals surface area contributed by atoms with E-state index in [-0.39, 0.29) is 18.0 Å². The molecule has 0 aromatic heterocycles. The molecule has 1 aromatic carbocycles. The lowest BCUT2D eigenvalue weighted by atomic mass is 10.4. The van der Waals surface area contributed by atoms with Crippen LogP contribution < -0.4 is 0 Å². The highest BCUT2D eigenvalue weighted by Gasteiger charge is 2.32. The molecule has 0 N–H and O–H groups in total. The highest BCUT2D eigenvalue weighted by Crippen LogP contribution is 2.34. The number of rotatable bonds is 3. The van der Waals surface area contributed by atoms with Gasteiger partial charge in [-0.1, -0.05) is 18.2 Å². The molecule has 1 heterocycles. The third-order valence-electron chi connectivity index (χ3n) is 2.61. The summed E-state index contributed by atoms with van der Waals surface area (Å²) in [6.07, 6.45) is 0. The quantitative estimate of drug-likeness (QED) is 0.802. The van der Waals surface area contributed by atoms with Crippen molar-refractivity contribution in [2.45, 2.75) is 10.4 Å². The molecule has 0 bridgehead atoms. The van der Waals surface area contributed by atoms with Crippen molar-refractivity contribution in [1.82, 2.24) is 4.31 Å². The van der Waals surface area contributed by atoms with Crippen molar-refractivity contribution < 1.29 is 22.1 Å². The standard InChI is InChI=1S/C11H13F3N2O2S2/c12-11(13,14)19-15-20(17,10-4-2-1-3-5-10)16-6-8-18-9-7-16/h1-5H,6-9H2. The molecule has 1 unspecified atom stereocenters. The molecular weight excluding hydrogens is 313 g/mol. The number of benzene rings is 1. The van der Waals surface area contributed by atoms with Crippen LogP contribution in [0.15, 0.2) is 39.0 Å². The van der Waals surface area contributed by atoms with Gasteiger partial charge in [-0.25, -0.2) is 8.51 Å². The molecule has 0 radical (unpaired) electrons. The summed E-state index contributed by atoms with van der Waals surface area (Å²) < 4.78 is 60.1. The van der Waals surface area contributed by atoms with E-state index in [0.29, 0.717) is 13.2 Å². The van der Waals surface area contributed by atoms with Crippen molar-refractivity contribution in [1.29, 1.82) is 0 Å². The van der Waals surface area contributed by atoms with Crippen molar-refractivity contribution in [2.24, 2.45) is 3.77 Å². The van der Waals surface area contributed by atoms with Crippen LogP contribution in [0.2, 0.25) is 0 Å². The predicted molar refractivity (Wildman–Crippen MR) is 71.3 cm³/mol. The molecule has 1 fully saturated rings. The van der Waals surface area contributed by atoms with Crippen LogP contribution in [-0.4, -0.2) is 40.3 Å². The number of alkyl halides is 3. The van der Waals surface area contributed by atoms with Crippen LogP contribution in [0.4, 0.5) is 13.2 Å². The topological polar surface area (TPSA) is 41.9 Å². The lowest BCUT2D eigenvalue weighted by Crippen LogP contribution is -2.40. The molecule has 1 aromatic rings. The zero-order chi connectivity index (χ0) is 14.6. The van der Waals surface area contributed by atoms with Gasteiger partial charge in [0.1, 0.15) is 0 Å². The lowest BCUT2D eigenvalue weighted by Gasteiger charge is -2.29. The van der Waals surface area contributed by atoms with Crippen LogP contribution in [0.5, 0.6) is 0 Å². The van der Waals surface area contributed by atoms with E-state index < -0.39 is 27.4 Å². The predicted octanol–water partition coefficient (Wildman–Crippen LogP) is 2.93. The summed E-state index contributed by atoms with van der Waals surface area (Å²) >= 11 is -0.604. The molecule has 1 saturated heterocycles. The van der Waals surface area contributed by atoms with Gasteiger partial charge in [0.2, 0.25) is 0 Å². The van der Waals surface area contributed by atoms with E-state index >= 15 is 0 Å². The van der Waals surface area contributed by atoms with Crippen molar-refractivity contribution >= 4 is 21.9 Å². The maximum Gasteiger partial charge on any atom is 0.464 e. The Morgan fingerprint density at radius 1 is 1.20 bits per heavy atom. The molecule has 4 nitrogen and oxygen atoms in total. The molecule has 1 atom stereocenters. The van der Waals surface area contributed by atoms with Crippen molar-refractivity contribution in [3.05, 3.63) is 30.3 Å². The minimum Gasteiger partial charge on any atom is -0.379 e. The second-order valence-corrected chi connectivity index (χ2v) is 7.19. The first-order chi connectivity index (χ1) is 9.42. The summed E-state index contributed by atoms with van der Waals surface area (Å²) in [4.78, 5) is 0.277. The van der Waals surface area contributed by atoms with E-state index in [9.17, 15) is 17.4 Å². The van der Waals surface area contributed by atoms with Gasteiger partial charge >= 0.3 is 5.51 Å². The highest BCUT2D eigenvalue weighted by molar-refractivity contribution is 8.07. The number of hydrogen-bond acceptors (Lipinski definition) is 4. The van der Waals surface area contributed by atoms with Gasteiger partial charge in [-0.2, -0.15) is 13.2 Å². The Labute approximate surface area is 119 Å². The molecule has 0 saturated carbocycles. The minimum atomic E-state index is -4.55. The van der Waals surface area contributed by atoms with Crippen LogP contribution in [-0.2, 0) is 14.7 Å². The SMILES string of the molecule is O=S(=NSC(F)(F)F)(c1ccccc1)N1CCOCC1. The van der Waals surface area contributed by atoms with E-state index in [4.69, 9.17) is 4.74 Å². The third-order valence-corrected chi connectivity index (χ3v) is 5.88. The van der Waals surface area contributed by atoms with Crippen LogP contribution in [0.25, 0.3) is 0 Å². The highest BCUT2D eigenvalue weighted by atomic mass is 32.3. The van der Waals surface area contributed by atoms with Gasteiger partial charge in [0.25, 0.3) is 0 Å². The summed E-state index contributed by atoms with van der Waals surface area (Å²) in [6.45, 7) is 1.23. The maximum atomic E-state index is 13.0. The number of hydrogen-bond donors (Lipinski definition) is 0. The zero-order valence-corrected chi connectivity index (χ0v) is 12.0. The Morgan fingerprint density at radius 3 is 2.35 bits per heavy atom. The van der Waals surface area contributed by atoms with E-state index in [0.717, 1.165) is 0 Å². The van der Waals surface area contributed by atoms with Crippen LogP contribution in [0, 0.1) is 0 Å². The van der Waals surface area contributed by atoms with Gasteiger partial charge in [0.15, 0.2) is 9.92 Å².